The molecule has 0 saturated carbocycles. The summed E-state index contributed by atoms with van der Waals surface area (Å²) in [6, 6.07) is 18.1. The molecular weight excluding hydrogens is 452 g/mol. The molecule has 3 heterocycles. The molecule has 7 nitrogen and oxygen atoms in total. The lowest BCUT2D eigenvalue weighted by atomic mass is 9.83. The summed E-state index contributed by atoms with van der Waals surface area (Å²) >= 11 is 1.40. The van der Waals surface area contributed by atoms with Gasteiger partial charge in [0.1, 0.15) is 17.2 Å². The van der Waals surface area contributed by atoms with E-state index in [2.05, 4.69) is 6.07 Å². The monoisotopic (exact) mass is 470 g/mol. The second kappa shape index (κ2) is 8.30. The molecule has 0 amide bonds. The van der Waals surface area contributed by atoms with Gasteiger partial charge in [-0.1, -0.05) is 30.3 Å². The number of carbonyl (C=O) groups excluding carboxylic acids is 1. The van der Waals surface area contributed by atoms with Gasteiger partial charge in [0.05, 0.1) is 28.4 Å². The van der Waals surface area contributed by atoms with E-state index in [1.54, 1.807) is 24.3 Å². The van der Waals surface area contributed by atoms with E-state index in [4.69, 9.17) is 14.9 Å². The minimum absolute atomic E-state index is 0.0102. The number of carbonyl (C=O) groups is 1. The lowest BCUT2D eigenvalue weighted by molar-refractivity contribution is 0.102. The van der Waals surface area contributed by atoms with Crippen molar-refractivity contribution in [1.82, 2.24) is 0 Å². The van der Waals surface area contributed by atoms with Crippen LogP contribution in [0.2, 0.25) is 0 Å². The molecule has 0 aliphatic carbocycles. The minimum Gasteiger partial charge on any atom is -0.439 e. The fraction of sp³-hybridized carbons (Fsp3) is 0.115. The zero-order valence-corrected chi connectivity index (χ0v) is 18.8. The van der Waals surface area contributed by atoms with Crippen LogP contribution in [0.15, 0.2) is 75.3 Å². The summed E-state index contributed by atoms with van der Waals surface area (Å²) in [5.41, 5.74) is 8.21. The molecule has 1 atom stereocenters. The molecule has 8 heteroatoms. The number of ketones is 1. The van der Waals surface area contributed by atoms with Gasteiger partial charge in [0.15, 0.2) is 11.5 Å². The number of thiophene rings is 1. The summed E-state index contributed by atoms with van der Waals surface area (Å²) in [4.78, 5) is 26.3. The fourth-order valence-corrected chi connectivity index (χ4v) is 5.02. The van der Waals surface area contributed by atoms with Gasteiger partial charge in [0, 0.05) is 4.88 Å². The summed E-state index contributed by atoms with van der Waals surface area (Å²) in [6.45, 7) is 1.33. The van der Waals surface area contributed by atoms with Crippen LogP contribution in [0.25, 0.3) is 21.4 Å². The molecule has 4 aromatic rings. The largest absolute Gasteiger partial charge is 0.439 e. The molecular formula is C26H18N2O5S. The third kappa shape index (κ3) is 3.48. The Morgan fingerprint density at radius 1 is 1.18 bits per heavy atom. The van der Waals surface area contributed by atoms with Crippen LogP contribution in [-0.2, 0) is 6.61 Å². The van der Waals surface area contributed by atoms with E-state index in [9.17, 15) is 20.0 Å². The SMILES string of the molecule is CC(=O)c1ccc(-c2ccc(C3C(C#N)=C(N)Oc4c3c(=O)oc3cc(CO)ccc43)cc2)s1. The summed E-state index contributed by atoms with van der Waals surface area (Å²) in [6.07, 6.45) is 0. The van der Waals surface area contributed by atoms with Crippen molar-refractivity contribution in [2.24, 2.45) is 5.73 Å². The van der Waals surface area contributed by atoms with Gasteiger partial charge in [-0.3, -0.25) is 4.79 Å². The maximum atomic E-state index is 13.1. The summed E-state index contributed by atoms with van der Waals surface area (Å²) in [7, 11) is 0. The Morgan fingerprint density at radius 2 is 1.94 bits per heavy atom. The minimum atomic E-state index is -0.767. The molecule has 0 bridgehead atoms. The Morgan fingerprint density at radius 3 is 2.59 bits per heavy atom. The van der Waals surface area contributed by atoms with Crippen molar-refractivity contribution in [3.63, 3.8) is 0 Å². The summed E-state index contributed by atoms with van der Waals surface area (Å²) < 4.78 is 11.3. The van der Waals surface area contributed by atoms with Gasteiger partial charge in [0.2, 0.25) is 5.88 Å². The molecule has 5 rings (SSSR count). The van der Waals surface area contributed by atoms with E-state index in [1.807, 2.05) is 30.3 Å². The summed E-state index contributed by atoms with van der Waals surface area (Å²) in [5, 5.41) is 19.7. The van der Waals surface area contributed by atoms with E-state index < -0.39 is 11.5 Å². The molecule has 2 aromatic heterocycles. The van der Waals surface area contributed by atoms with Crippen molar-refractivity contribution in [2.75, 3.05) is 0 Å². The average Bonchev–Trinajstić information content (AvgIpc) is 3.34. The number of nitrogens with zero attached hydrogens (tertiary/aromatic N) is 1. The van der Waals surface area contributed by atoms with Crippen LogP contribution in [0, 0.1) is 11.3 Å². The van der Waals surface area contributed by atoms with Gasteiger partial charge in [-0.15, -0.1) is 11.3 Å². The molecule has 0 spiro atoms. The highest BCUT2D eigenvalue weighted by molar-refractivity contribution is 7.17. The molecule has 0 fully saturated rings. The predicted molar refractivity (Wildman–Crippen MR) is 127 cm³/mol. The normalized spacial score (nSPS) is 15.0. The number of ether oxygens (including phenoxy) is 1. The molecule has 1 unspecified atom stereocenters. The second-order valence-corrected chi connectivity index (χ2v) is 8.97. The lowest BCUT2D eigenvalue weighted by Gasteiger charge is -2.26. The van der Waals surface area contributed by atoms with Crippen molar-refractivity contribution in [3.8, 4) is 22.3 Å². The van der Waals surface area contributed by atoms with Crippen molar-refractivity contribution < 1.29 is 19.1 Å². The van der Waals surface area contributed by atoms with Crippen LogP contribution in [0.5, 0.6) is 5.75 Å². The number of hydrogen-bond acceptors (Lipinski definition) is 8. The first-order valence-corrected chi connectivity index (χ1v) is 11.2. The molecule has 1 aliphatic heterocycles. The van der Waals surface area contributed by atoms with Gasteiger partial charge in [-0.05, 0) is 47.9 Å². The molecule has 1 aliphatic rings. The van der Waals surface area contributed by atoms with Gasteiger partial charge in [-0.25, -0.2) is 4.79 Å². The lowest BCUT2D eigenvalue weighted by Crippen LogP contribution is -2.26. The third-order valence-electron chi connectivity index (χ3n) is 5.80. The highest BCUT2D eigenvalue weighted by Gasteiger charge is 2.35. The Kier molecular flexibility index (Phi) is 5.28. The van der Waals surface area contributed by atoms with Crippen LogP contribution >= 0.6 is 11.3 Å². The first-order chi connectivity index (χ1) is 16.4. The highest BCUT2D eigenvalue weighted by Crippen LogP contribution is 2.44. The fourth-order valence-electron chi connectivity index (χ4n) is 4.12. The zero-order valence-electron chi connectivity index (χ0n) is 18.0. The van der Waals surface area contributed by atoms with Gasteiger partial charge >= 0.3 is 5.63 Å². The Labute approximate surface area is 197 Å². The average molecular weight is 471 g/mol. The highest BCUT2D eigenvalue weighted by atomic mass is 32.1. The van der Waals surface area contributed by atoms with E-state index in [0.717, 1.165) is 10.4 Å². The van der Waals surface area contributed by atoms with Crippen LogP contribution in [-0.4, -0.2) is 10.9 Å². The molecule has 0 radical (unpaired) electrons. The number of benzene rings is 2. The number of nitriles is 1. The van der Waals surface area contributed by atoms with Gasteiger partial charge in [0.25, 0.3) is 0 Å². The molecule has 3 N–H and O–H groups in total. The first-order valence-electron chi connectivity index (χ1n) is 10.4. The Bertz CT molecular complexity index is 1590. The van der Waals surface area contributed by atoms with Gasteiger partial charge in [-0.2, -0.15) is 5.26 Å². The number of nitrogens with two attached hydrogens (primary N) is 1. The van der Waals surface area contributed by atoms with E-state index >= 15 is 0 Å². The van der Waals surface area contributed by atoms with Crippen LogP contribution in [0.1, 0.15) is 39.2 Å². The predicted octanol–water partition coefficient (Wildman–Crippen LogP) is 4.43. The van der Waals surface area contributed by atoms with E-state index in [0.29, 0.717) is 21.4 Å². The quantitative estimate of drug-likeness (QED) is 0.334. The van der Waals surface area contributed by atoms with Crippen LogP contribution in [0.4, 0.5) is 0 Å². The molecule has 0 saturated heterocycles. The molecule has 168 valence electrons. The Hall–Kier alpha value is -4.19. The van der Waals surface area contributed by atoms with Crippen LogP contribution < -0.4 is 16.1 Å². The number of allylic oxidation sites excluding steroid dienone is 1. The maximum absolute atomic E-state index is 13.1. The smallest absolute Gasteiger partial charge is 0.344 e. The number of Topliss-reactive ketones (excluding diaryl/α,β-unsaturated/α-hetero) is 1. The first kappa shape index (κ1) is 21.6. The number of aliphatic hydroxyl groups is 1. The number of fused-ring (bicyclic) bond motifs is 3. The van der Waals surface area contributed by atoms with Crippen LogP contribution in [0.3, 0.4) is 0 Å². The molecule has 34 heavy (non-hydrogen) atoms. The third-order valence-corrected chi connectivity index (χ3v) is 7.03. The number of hydrogen-bond donors (Lipinski definition) is 2. The molecule has 2 aromatic carbocycles. The van der Waals surface area contributed by atoms with Crippen molar-refractivity contribution in [2.45, 2.75) is 19.4 Å². The number of aliphatic hydroxyl groups excluding tert-OH is 1. The van der Waals surface area contributed by atoms with Gasteiger partial charge < -0.3 is 20.0 Å². The Balaban J connectivity index is 1.65. The van der Waals surface area contributed by atoms with E-state index in [-0.39, 0.29) is 40.7 Å². The second-order valence-electron chi connectivity index (χ2n) is 7.89. The van der Waals surface area contributed by atoms with Crippen molar-refractivity contribution in [1.29, 1.82) is 5.26 Å². The summed E-state index contributed by atoms with van der Waals surface area (Å²) in [5.74, 6) is -0.592. The maximum Gasteiger partial charge on any atom is 0.344 e. The standard InChI is InChI=1S/C26H18N2O5S/c1-13(30)20-8-9-21(34-20)15-3-5-16(6-4-15)22-18(11-27)25(28)33-24-17-7-2-14(12-29)10-19(17)32-26(31)23(22)24/h2-10,22,29H,12,28H2,1H3. The van der Waals surface area contributed by atoms with Crippen molar-refractivity contribution in [3.05, 3.63) is 98.0 Å². The number of rotatable bonds is 4. The zero-order chi connectivity index (χ0) is 24.0. The topological polar surface area (TPSA) is 127 Å². The van der Waals surface area contributed by atoms with Crippen molar-refractivity contribution >= 4 is 28.1 Å². The van der Waals surface area contributed by atoms with E-state index in [1.165, 1.54) is 18.3 Å².